The maximum absolute atomic E-state index is 5.94. The molecular weight excluding hydrogens is 294 g/mol. The molecule has 0 fully saturated rings. The van der Waals surface area contributed by atoms with E-state index in [1.165, 1.54) is 11.1 Å². The van der Waals surface area contributed by atoms with Crippen molar-refractivity contribution in [1.82, 2.24) is 9.97 Å². The number of hydrogen-bond acceptors (Lipinski definition) is 3. The third kappa shape index (κ3) is 2.95. The van der Waals surface area contributed by atoms with E-state index in [1.54, 1.807) is 0 Å². The molecule has 2 N–H and O–H groups in total. The van der Waals surface area contributed by atoms with Gasteiger partial charge in [-0.2, -0.15) is 0 Å². The van der Waals surface area contributed by atoms with Gasteiger partial charge >= 0.3 is 0 Å². The standard InChI is InChI=1S/C18H16ClN3/c1-11-3-8-15(12(2)9-11)17-10-16(21-18(20)22-17)13-4-6-14(19)7-5-13/h3-10H,1-2H3,(H2,20,21,22). The van der Waals surface area contributed by atoms with Crippen LogP contribution in [0, 0.1) is 13.8 Å². The van der Waals surface area contributed by atoms with E-state index in [0.717, 1.165) is 22.5 Å². The lowest BCUT2D eigenvalue weighted by Crippen LogP contribution is -1.99. The van der Waals surface area contributed by atoms with Gasteiger partial charge in [0.2, 0.25) is 5.95 Å². The van der Waals surface area contributed by atoms with E-state index in [0.29, 0.717) is 5.02 Å². The molecule has 2 aromatic carbocycles. The molecule has 0 saturated carbocycles. The van der Waals surface area contributed by atoms with Gasteiger partial charge in [0.15, 0.2) is 0 Å². The lowest BCUT2D eigenvalue weighted by atomic mass is 10.0. The Bertz CT molecular complexity index is 826. The number of benzene rings is 2. The topological polar surface area (TPSA) is 51.8 Å². The predicted molar refractivity (Wildman–Crippen MR) is 91.8 cm³/mol. The van der Waals surface area contributed by atoms with E-state index in [4.69, 9.17) is 17.3 Å². The Morgan fingerprint density at radius 1 is 0.864 bits per heavy atom. The highest BCUT2D eigenvalue weighted by Gasteiger charge is 2.09. The molecule has 0 amide bonds. The molecule has 1 heterocycles. The van der Waals surface area contributed by atoms with Gasteiger partial charge in [-0.05, 0) is 37.6 Å². The summed E-state index contributed by atoms with van der Waals surface area (Å²) in [5, 5.41) is 0.695. The second-order valence-electron chi connectivity index (χ2n) is 5.32. The first-order valence-electron chi connectivity index (χ1n) is 7.01. The zero-order valence-corrected chi connectivity index (χ0v) is 13.2. The van der Waals surface area contributed by atoms with Crippen molar-refractivity contribution in [3.63, 3.8) is 0 Å². The zero-order chi connectivity index (χ0) is 15.7. The van der Waals surface area contributed by atoms with Gasteiger partial charge in [-0.1, -0.05) is 47.5 Å². The van der Waals surface area contributed by atoms with E-state index >= 15 is 0 Å². The van der Waals surface area contributed by atoms with E-state index < -0.39 is 0 Å². The normalized spacial score (nSPS) is 10.7. The molecule has 0 aliphatic rings. The average Bonchev–Trinajstić information content (AvgIpc) is 2.47. The van der Waals surface area contributed by atoms with Gasteiger partial charge in [0.05, 0.1) is 11.4 Å². The first kappa shape index (κ1) is 14.5. The van der Waals surface area contributed by atoms with Crippen LogP contribution in [-0.4, -0.2) is 9.97 Å². The summed E-state index contributed by atoms with van der Waals surface area (Å²) in [6.45, 7) is 4.15. The Kier molecular flexibility index (Phi) is 3.82. The molecule has 0 radical (unpaired) electrons. The van der Waals surface area contributed by atoms with Crippen molar-refractivity contribution in [2.75, 3.05) is 5.73 Å². The van der Waals surface area contributed by atoms with Crippen LogP contribution in [0.1, 0.15) is 11.1 Å². The van der Waals surface area contributed by atoms with E-state index in [-0.39, 0.29) is 5.95 Å². The summed E-state index contributed by atoms with van der Waals surface area (Å²) in [6, 6.07) is 15.8. The molecule has 0 atom stereocenters. The molecule has 0 spiro atoms. The molecule has 3 aromatic rings. The van der Waals surface area contributed by atoms with Crippen molar-refractivity contribution in [2.45, 2.75) is 13.8 Å². The maximum atomic E-state index is 5.94. The highest BCUT2D eigenvalue weighted by Crippen LogP contribution is 2.27. The Labute approximate surface area is 134 Å². The van der Waals surface area contributed by atoms with Crippen LogP contribution in [0.5, 0.6) is 0 Å². The average molecular weight is 310 g/mol. The molecule has 3 nitrogen and oxygen atoms in total. The fraction of sp³-hybridized carbons (Fsp3) is 0.111. The summed E-state index contributed by atoms with van der Waals surface area (Å²) in [6.07, 6.45) is 0. The van der Waals surface area contributed by atoms with E-state index in [1.807, 2.05) is 30.3 Å². The molecule has 4 heteroatoms. The van der Waals surface area contributed by atoms with Gasteiger partial charge in [-0.3, -0.25) is 0 Å². The second kappa shape index (κ2) is 5.78. The minimum absolute atomic E-state index is 0.266. The molecule has 0 unspecified atom stereocenters. The van der Waals surface area contributed by atoms with Crippen LogP contribution in [0.15, 0.2) is 48.5 Å². The smallest absolute Gasteiger partial charge is 0.221 e. The lowest BCUT2D eigenvalue weighted by molar-refractivity contribution is 1.19. The summed E-state index contributed by atoms with van der Waals surface area (Å²) in [5.74, 6) is 0.266. The summed E-state index contributed by atoms with van der Waals surface area (Å²) in [7, 11) is 0. The van der Waals surface area contributed by atoms with E-state index in [9.17, 15) is 0 Å². The Morgan fingerprint density at radius 2 is 1.55 bits per heavy atom. The van der Waals surface area contributed by atoms with E-state index in [2.05, 4.69) is 42.0 Å². The number of aromatic nitrogens is 2. The fourth-order valence-electron chi connectivity index (χ4n) is 2.47. The number of hydrogen-bond donors (Lipinski definition) is 1. The van der Waals surface area contributed by atoms with Gasteiger partial charge in [0.1, 0.15) is 0 Å². The van der Waals surface area contributed by atoms with Crippen molar-refractivity contribution in [2.24, 2.45) is 0 Å². The number of nitrogens with two attached hydrogens (primary N) is 1. The number of anilines is 1. The molecule has 0 aliphatic heterocycles. The zero-order valence-electron chi connectivity index (χ0n) is 12.5. The molecular formula is C18H16ClN3. The third-order valence-electron chi connectivity index (χ3n) is 3.54. The summed E-state index contributed by atoms with van der Waals surface area (Å²) in [4.78, 5) is 8.71. The first-order valence-corrected chi connectivity index (χ1v) is 7.39. The Hall–Kier alpha value is -2.39. The molecule has 0 aliphatic carbocycles. The number of nitrogens with zero attached hydrogens (tertiary/aromatic N) is 2. The monoisotopic (exact) mass is 309 g/mol. The summed E-state index contributed by atoms with van der Waals surface area (Å²) >= 11 is 5.94. The molecule has 22 heavy (non-hydrogen) atoms. The Morgan fingerprint density at radius 3 is 2.23 bits per heavy atom. The second-order valence-corrected chi connectivity index (χ2v) is 5.76. The van der Waals surface area contributed by atoms with Crippen LogP contribution in [-0.2, 0) is 0 Å². The summed E-state index contributed by atoms with van der Waals surface area (Å²) < 4.78 is 0. The molecule has 110 valence electrons. The lowest BCUT2D eigenvalue weighted by Gasteiger charge is -2.09. The van der Waals surface area contributed by atoms with Gasteiger partial charge in [0, 0.05) is 16.1 Å². The SMILES string of the molecule is Cc1ccc(-c2cc(-c3ccc(Cl)cc3)nc(N)n2)c(C)c1. The highest BCUT2D eigenvalue weighted by molar-refractivity contribution is 6.30. The van der Waals surface area contributed by atoms with Gasteiger partial charge in [-0.25, -0.2) is 9.97 Å². The number of nitrogen functional groups attached to an aromatic ring is 1. The number of halogens is 1. The molecule has 1 aromatic heterocycles. The maximum Gasteiger partial charge on any atom is 0.221 e. The van der Waals surface area contributed by atoms with Gasteiger partial charge in [-0.15, -0.1) is 0 Å². The van der Waals surface area contributed by atoms with Crippen molar-refractivity contribution >= 4 is 17.5 Å². The molecule has 3 rings (SSSR count). The fourth-order valence-corrected chi connectivity index (χ4v) is 2.60. The van der Waals surface area contributed by atoms with Crippen LogP contribution in [0.25, 0.3) is 22.5 Å². The van der Waals surface area contributed by atoms with Crippen LogP contribution in [0.4, 0.5) is 5.95 Å². The molecule has 0 bridgehead atoms. The highest BCUT2D eigenvalue weighted by atomic mass is 35.5. The van der Waals surface area contributed by atoms with Crippen LogP contribution < -0.4 is 5.73 Å². The molecule has 0 saturated heterocycles. The number of aryl methyl sites for hydroxylation is 2. The van der Waals surface area contributed by atoms with Crippen LogP contribution in [0.3, 0.4) is 0 Å². The summed E-state index contributed by atoms with van der Waals surface area (Å²) in [5.41, 5.74) is 11.9. The van der Waals surface area contributed by atoms with Crippen molar-refractivity contribution < 1.29 is 0 Å². The van der Waals surface area contributed by atoms with Crippen LogP contribution in [0.2, 0.25) is 5.02 Å². The largest absolute Gasteiger partial charge is 0.368 e. The van der Waals surface area contributed by atoms with Crippen molar-refractivity contribution in [1.29, 1.82) is 0 Å². The quantitative estimate of drug-likeness (QED) is 0.749. The van der Waals surface area contributed by atoms with Gasteiger partial charge < -0.3 is 5.73 Å². The minimum Gasteiger partial charge on any atom is -0.368 e. The minimum atomic E-state index is 0.266. The third-order valence-corrected chi connectivity index (χ3v) is 3.79. The predicted octanol–water partition coefficient (Wildman–Crippen LogP) is 4.66. The van der Waals surface area contributed by atoms with Crippen molar-refractivity contribution in [3.05, 3.63) is 64.7 Å². The Balaban J connectivity index is 2.12. The van der Waals surface area contributed by atoms with Gasteiger partial charge in [0.25, 0.3) is 0 Å². The van der Waals surface area contributed by atoms with Crippen molar-refractivity contribution in [3.8, 4) is 22.5 Å². The first-order chi connectivity index (χ1) is 10.5. The number of rotatable bonds is 2. The van der Waals surface area contributed by atoms with Crippen LogP contribution >= 0.6 is 11.6 Å².